The van der Waals surface area contributed by atoms with Crippen LogP contribution in [-0.2, 0) is 6.54 Å². The fraction of sp³-hybridized carbons (Fsp3) is 0.227. The van der Waals surface area contributed by atoms with Gasteiger partial charge in [-0.2, -0.15) is 0 Å². The van der Waals surface area contributed by atoms with E-state index in [1.54, 1.807) is 6.07 Å². The second-order valence-corrected chi connectivity index (χ2v) is 6.83. The molecule has 0 aliphatic carbocycles. The Morgan fingerprint density at radius 3 is 2.73 bits per heavy atom. The van der Waals surface area contributed by atoms with Gasteiger partial charge in [0, 0.05) is 0 Å². The number of rotatable bonds is 6. The number of imide groups is 1. The van der Waals surface area contributed by atoms with Gasteiger partial charge in [0.25, 0.3) is 0 Å². The van der Waals surface area contributed by atoms with Gasteiger partial charge in [-0.25, -0.2) is 19.0 Å². The first-order valence-electron chi connectivity index (χ1n) is 9.58. The number of hydrogen-bond donors (Lipinski definition) is 3. The van der Waals surface area contributed by atoms with Crippen molar-refractivity contribution >= 4 is 28.7 Å². The van der Waals surface area contributed by atoms with Crippen LogP contribution in [0, 0.1) is 12.7 Å². The summed E-state index contributed by atoms with van der Waals surface area (Å²) < 4.78 is 19.3. The number of aryl methyl sites for hydroxylation is 1. The normalized spacial score (nSPS) is 11.5. The van der Waals surface area contributed by atoms with E-state index < -0.39 is 12.1 Å². The predicted octanol–water partition coefficient (Wildman–Crippen LogP) is 4.39. The van der Waals surface area contributed by atoms with Gasteiger partial charge in [0.15, 0.2) is 5.58 Å². The summed E-state index contributed by atoms with van der Waals surface area (Å²) in [4.78, 5) is 26.5. The molecule has 0 aliphatic rings. The molecule has 3 rings (SSSR count). The van der Waals surface area contributed by atoms with Gasteiger partial charge in [-0.15, -0.1) is 0 Å². The maximum Gasteiger partial charge on any atom is 0.323 e. The first-order chi connectivity index (χ1) is 14.4. The van der Waals surface area contributed by atoms with Gasteiger partial charge < -0.3 is 15.5 Å². The Labute approximate surface area is 173 Å². The average molecular weight is 410 g/mol. The fourth-order valence-corrected chi connectivity index (χ4v) is 3.13. The van der Waals surface area contributed by atoms with Gasteiger partial charge in [0.2, 0.25) is 5.89 Å². The van der Waals surface area contributed by atoms with Crippen LogP contribution in [0.3, 0.4) is 0 Å². The Morgan fingerprint density at radius 2 is 2.03 bits per heavy atom. The molecule has 4 N–H and O–H groups in total. The minimum Gasteiger partial charge on any atom is -0.439 e. The van der Waals surface area contributed by atoms with Crippen molar-refractivity contribution in [3.8, 4) is 0 Å². The van der Waals surface area contributed by atoms with Crippen LogP contribution in [0.4, 0.5) is 14.0 Å². The molecular weight excluding hydrogens is 387 g/mol. The number of amides is 4. The van der Waals surface area contributed by atoms with Crippen LogP contribution in [0.5, 0.6) is 0 Å². The van der Waals surface area contributed by atoms with Crippen molar-refractivity contribution in [2.75, 3.05) is 0 Å². The highest BCUT2D eigenvalue weighted by molar-refractivity contribution is 5.92. The van der Waals surface area contributed by atoms with Gasteiger partial charge in [-0.1, -0.05) is 31.6 Å². The molecule has 0 unspecified atom stereocenters. The zero-order valence-electron chi connectivity index (χ0n) is 16.8. The number of oxazole rings is 1. The van der Waals surface area contributed by atoms with Crippen LogP contribution in [0.15, 0.2) is 46.9 Å². The summed E-state index contributed by atoms with van der Waals surface area (Å²) >= 11 is 0. The number of hydrogen-bond acceptors (Lipinski definition) is 4. The number of urea groups is 2. The Bertz CT molecular complexity index is 1120. The van der Waals surface area contributed by atoms with E-state index in [1.165, 1.54) is 12.1 Å². The predicted molar refractivity (Wildman–Crippen MR) is 112 cm³/mol. The number of nitrogens with two attached hydrogens (primary N) is 1. The summed E-state index contributed by atoms with van der Waals surface area (Å²) in [5, 5.41) is 4.34. The summed E-state index contributed by atoms with van der Waals surface area (Å²) in [6, 6.07) is 8.72. The molecule has 7 nitrogen and oxygen atoms in total. The summed E-state index contributed by atoms with van der Waals surface area (Å²) in [7, 11) is 0. The van der Waals surface area contributed by atoms with E-state index in [-0.39, 0.29) is 12.4 Å². The highest BCUT2D eigenvalue weighted by Crippen LogP contribution is 2.30. The number of allylic oxidation sites excluding steroid dienone is 1. The van der Waals surface area contributed by atoms with Gasteiger partial charge >= 0.3 is 12.1 Å². The quantitative estimate of drug-likeness (QED) is 0.560. The summed E-state index contributed by atoms with van der Waals surface area (Å²) in [6.07, 6.45) is 4.00. The fourth-order valence-electron chi connectivity index (χ4n) is 3.13. The topological polar surface area (TPSA) is 110 Å². The molecule has 8 heteroatoms. The number of halogens is 1. The van der Waals surface area contributed by atoms with Crippen LogP contribution >= 0.6 is 0 Å². The van der Waals surface area contributed by atoms with Crippen LogP contribution in [0.25, 0.3) is 16.7 Å². The van der Waals surface area contributed by atoms with Crippen LogP contribution in [0.1, 0.15) is 42.3 Å². The Hall–Kier alpha value is -3.68. The van der Waals surface area contributed by atoms with Gasteiger partial charge in [-0.05, 0) is 59.9 Å². The second-order valence-electron chi connectivity index (χ2n) is 6.83. The van der Waals surface area contributed by atoms with E-state index in [9.17, 15) is 14.0 Å². The highest BCUT2D eigenvalue weighted by Gasteiger charge is 2.13. The van der Waals surface area contributed by atoms with E-state index in [1.807, 2.05) is 30.4 Å². The van der Waals surface area contributed by atoms with Crippen LogP contribution in [0.2, 0.25) is 0 Å². The molecule has 0 bridgehead atoms. The molecule has 30 heavy (non-hydrogen) atoms. The number of primary amides is 1. The van der Waals surface area contributed by atoms with E-state index in [0.717, 1.165) is 35.1 Å². The first-order valence-corrected chi connectivity index (χ1v) is 9.58. The molecule has 0 saturated heterocycles. The zero-order valence-corrected chi connectivity index (χ0v) is 16.8. The molecule has 0 saturated carbocycles. The molecular formula is C22H23FN4O3. The number of benzene rings is 2. The maximum atomic E-state index is 13.6. The number of carbonyl (C=O) groups excluding carboxylic acids is 2. The number of aromatic nitrogens is 1. The highest BCUT2D eigenvalue weighted by atomic mass is 19.1. The number of unbranched alkanes of at least 4 members (excludes halogenated alkanes) is 1. The Kier molecular flexibility index (Phi) is 6.46. The van der Waals surface area contributed by atoms with Crippen molar-refractivity contribution in [3.63, 3.8) is 0 Å². The lowest BCUT2D eigenvalue weighted by atomic mass is 9.93. The van der Waals surface area contributed by atoms with Gasteiger partial charge in [0.05, 0.1) is 6.54 Å². The van der Waals surface area contributed by atoms with Crippen molar-refractivity contribution in [2.24, 2.45) is 5.73 Å². The maximum absolute atomic E-state index is 13.6. The van der Waals surface area contributed by atoms with Crippen LogP contribution < -0.4 is 16.4 Å². The van der Waals surface area contributed by atoms with Crippen LogP contribution in [-0.4, -0.2) is 17.0 Å². The smallest absolute Gasteiger partial charge is 0.323 e. The number of fused-ring (bicyclic) bond motifs is 1. The van der Waals surface area contributed by atoms with Gasteiger partial charge in [0.1, 0.15) is 11.3 Å². The lowest BCUT2D eigenvalue weighted by Gasteiger charge is -2.12. The van der Waals surface area contributed by atoms with Crippen molar-refractivity contribution < 1.29 is 18.4 Å². The monoisotopic (exact) mass is 410 g/mol. The van der Waals surface area contributed by atoms with Crippen molar-refractivity contribution in [1.29, 1.82) is 0 Å². The Morgan fingerprint density at radius 1 is 1.23 bits per heavy atom. The lowest BCUT2D eigenvalue weighted by molar-refractivity contribution is 0.230. The van der Waals surface area contributed by atoms with Crippen molar-refractivity contribution in [1.82, 2.24) is 15.6 Å². The molecule has 0 radical (unpaired) electrons. The average Bonchev–Trinajstić information content (AvgIpc) is 3.10. The molecule has 1 heterocycles. The molecule has 3 aromatic rings. The minimum atomic E-state index is -0.947. The van der Waals surface area contributed by atoms with Crippen molar-refractivity contribution in [3.05, 3.63) is 70.9 Å². The third kappa shape index (κ3) is 5.02. The largest absolute Gasteiger partial charge is 0.439 e. The second kappa shape index (κ2) is 9.21. The zero-order chi connectivity index (χ0) is 21.7. The number of carbonyl (C=O) groups is 2. The molecule has 0 atom stereocenters. The molecule has 0 aliphatic heterocycles. The lowest BCUT2D eigenvalue weighted by Crippen LogP contribution is -2.41. The SMILES string of the molecule is CCCC=C(c1ccc2nc(CNC(=O)NC(N)=O)oc2c1)c1ccc(F)cc1C. The standard InChI is InChI=1S/C22H23FN4O3/c1-3-4-5-17(16-8-7-15(23)10-13(16)2)14-6-9-18-19(11-14)30-20(26-18)12-25-22(29)27-21(24)28/h5-11H,3-4,12H2,1-2H3,(H4,24,25,27,28,29). The number of nitrogens with one attached hydrogen (secondary N) is 2. The molecule has 1 aromatic heterocycles. The van der Waals surface area contributed by atoms with E-state index in [2.05, 4.69) is 23.3 Å². The molecule has 4 amide bonds. The first kappa shape index (κ1) is 21.0. The van der Waals surface area contributed by atoms with E-state index >= 15 is 0 Å². The minimum absolute atomic E-state index is 0.00126. The molecule has 0 spiro atoms. The molecule has 156 valence electrons. The summed E-state index contributed by atoms with van der Waals surface area (Å²) in [5.41, 5.74) is 9.80. The number of nitrogens with zero attached hydrogens (tertiary/aromatic N) is 1. The third-order valence-electron chi connectivity index (χ3n) is 4.50. The third-order valence-corrected chi connectivity index (χ3v) is 4.50. The van der Waals surface area contributed by atoms with Gasteiger partial charge in [-0.3, -0.25) is 5.32 Å². The van der Waals surface area contributed by atoms with Crippen molar-refractivity contribution in [2.45, 2.75) is 33.2 Å². The summed E-state index contributed by atoms with van der Waals surface area (Å²) in [6.45, 7) is 3.98. The molecule has 2 aromatic carbocycles. The van der Waals surface area contributed by atoms with E-state index in [0.29, 0.717) is 17.0 Å². The summed E-state index contributed by atoms with van der Waals surface area (Å²) in [5.74, 6) is 0.0214. The Balaban J connectivity index is 1.90. The van der Waals surface area contributed by atoms with E-state index in [4.69, 9.17) is 10.2 Å². The molecule has 0 fully saturated rings.